The molecule has 0 saturated carbocycles. The van der Waals surface area contributed by atoms with Gasteiger partial charge in [-0.2, -0.15) is 0 Å². The Kier molecular flexibility index (Phi) is 4.34. The molecule has 2 rings (SSSR count). The van der Waals surface area contributed by atoms with Gasteiger partial charge in [-0.25, -0.2) is 9.37 Å². The van der Waals surface area contributed by atoms with Gasteiger partial charge in [0.2, 0.25) is 0 Å². The Bertz CT molecular complexity index is 627. The summed E-state index contributed by atoms with van der Waals surface area (Å²) < 4.78 is 13.3. The number of aryl methyl sites for hydroxylation is 1. The molecule has 1 atom stereocenters. The number of benzene rings is 1. The zero-order valence-corrected chi connectivity index (χ0v) is 12.1. The molecule has 1 aromatic carbocycles. The van der Waals surface area contributed by atoms with Crippen LogP contribution >= 0.6 is 11.3 Å². The predicted octanol–water partition coefficient (Wildman–Crippen LogP) is 2.92. The molecule has 1 heterocycles. The van der Waals surface area contributed by atoms with Crippen LogP contribution in [-0.4, -0.2) is 10.9 Å². The number of aromatic nitrogens is 1. The van der Waals surface area contributed by atoms with Crippen LogP contribution in [0.4, 0.5) is 10.1 Å². The molecule has 0 aliphatic rings. The highest BCUT2D eigenvalue weighted by molar-refractivity contribution is 7.11. The third-order valence-corrected chi connectivity index (χ3v) is 4.26. The van der Waals surface area contributed by atoms with Crippen LogP contribution in [0.2, 0.25) is 0 Å². The first-order chi connectivity index (χ1) is 9.52. The van der Waals surface area contributed by atoms with Crippen LogP contribution in [-0.2, 0) is 6.42 Å². The average molecular weight is 293 g/mol. The SMILES string of the molecule is CCc1cnc(C(C)NC(=O)c2cccc(F)c2N)s1. The van der Waals surface area contributed by atoms with Crippen LogP contribution in [0.25, 0.3) is 0 Å². The fourth-order valence-electron chi connectivity index (χ4n) is 1.76. The minimum atomic E-state index is -0.590. The molecule has 20 heavy (non-hydrogen) atoms. The number of nitrogens with two attached hydrogens (primary N) is 1. The van der Waals surface area contributed by atoms with E-state index in [0.29, 0.717) is 0 Å². The second-order valence-corrected chi connectivity index (χ2v) is 5.56. The third-order valence-electron chi connectivity index (χ3n) is 2.94. The zero-order chi connectivity index (χ0) is 14.7. The van der Waals surface area contributed by atoms with E-state index in [4.69, 9.17) is 5.73 Å². The number of hydrogen-bond donors (Lipinski definition) is 2. The number of para-hydroxylation sites is 1. The number of anilines is 1. The summed E-state index contributed by atoms with van der Waals surface area (Å²) in [5.41, 5.74) is 5.58. The first kappa shape index (κ1) is 14.5. The van der Waals surface area contributed by atoms with Crippen molar-refractivity contribution in [3.63, 3.8) is 0 Å². The summed E-state index contributed by atoms with van der Waals surface area (Å²) >= 11 is 1.55. The van der Waals surface area contributed by atoms with E-state index in [1.807, 2.05) is 13.8 Å². The van der Waals surface area contributed by atoms with Gasteiger partial charge >= 0.3 is 0 Å². The topological polar surface area (TPSA) is 68.0 Å². The maximum atomic E-state index is 13.3. The van der Waals surface area contributed by atoms with Gasteiger partial charge in [-0.15, -0.1) is 11.3 Å². The van der Waals surface area contributed by atoms with E-state index in [9.17, 15) is 9.18 Å². The quantitative estimate of drug-likeness (QED) is 0.852. The summed E-state index contributed by atoms with van der Waals surface area (Å²) in [6.07, 6.45) is 2.72. The van der Waals surface area contributed by atoms with Gasteiger partial charge in [0.05, 0.1) is 17.3 Å². The molecule has 1 amide bonds. The summed E-state index contributed by atoms with van der Waals surface area (Å²) in [4.78, 5) is 17.5. The lowest BCUT2D eigenvalue weighted by molar-refractivity contribution is 0.0940. The number of halogens is 1. The van der Waals surface area contributed by atoms with E-state index in [1.165, 1.54) is 18.2 Å². The van der Waals surface area contributed by atoms with E-state index in [1.54, 1.807) is 17.5 Å². The second-order valence-electron chi connectivity index (χ2n) is 4.41. The zero-order valence-electron chi connectivity index (χ0n) is 11.3. The molecule has 0 bridgehead atoms. The van der Waals surface area contributed by atoms with Gasteiger partial charge in [-0.1, -0.05) is 13.0 Å². The third kappa shape index (κ3) is 2.96. The van der Waals surface area contributed by atoms with Gasteiger partial charge in [0.1, 0.15) is 10.8 Å². The Morgan fingerprint density at radius 2 is 2.30 bits per heavy atom. The number of nitrogens with zero attached hydrogens (tertiary/aromatic N) is 1. The van der Waals surface area contributed by atoms with Gasteiger partial charge in [-0.3, -0.25) is 4.79 Å². The number of thiazole rings is 1. The van der Waals surface area contributed by atoms with Crippen molar-refractivity contribution < 1.29 is 9.18 Å². The second kappa shape index (κ2) is 6.00. The monoisotopic (exact) mass is 293 g/mol. The number of carbonyl (C=O) groups excluding carboxylic acids is 1. The van der Waals surface area contributed by atoms with Crippen molar-refractivity contribution in [3.8, 4) is 0 Å². The van der Waals surface area contributed by atoms with Crippen LogP contribution in [0.1, 0.15) is 40.1 Å². The van der Waals surface area contributed by atoms with E-state index in [2.05, 4.69) is 10.3 Å². The average Bonchev–Trinajstić information content (AvgIpc) is 2.90. The first-order valence-electron chi connectivity index (χ1n) is 6.32. The predicted molar refractivity (Wildman–Crippen MR) is 78.2 cm³/mol. The van der Waals surface area contributed by atoms with Crippen LogP contribution < -0.4 is 11.1 Å². The Morgan fingerprint density at radius 3 is 2.95 bits per heavy atom. The van der Waals surface area contributed by atoms with Crippen molar-refractivity contribution in [3.05, 3.63) is 45.7 Å². The van der Waals surface area contributed by atoms with Crippen LogP contribution in [0.15, 0.2) is 24.4 Å². The Labute approximate surface area is 120 Å². The Morgan fingerprint density at radius 1 is 1.55 bits per heavy atom. The molecule has 106 valence electrons. The lowest BCUT2D eigenvalue weighted by atomic mass is 10.1. The fraction of sp³-hybridized carbons (Fsp3) is 0.286. The molecular weight excluding hydrogens is 277 g/mol. The van der Waals surface area contributed by atoms with E-state index < -0.39 is 11.7 Å². The van der Waals surface area contributed by atoms with Crippen molar-refractivity contribution in [2.45, 2.75) is 26.3 Å². The lowest BCUT2D eigenvalue weighted by Gasteiger charge is -2.12. The van der Waals surface area contributed by atoms with Crippen molar-refractivity contribution in [1.82, 2.24) is 10.3 Å². The molecule has 1 aromatic heterocycles. The van der Waals surface area contributed by atoms with E-state index in [0.717, 1.165) is 16.3 Å². The summed E-state index contributed by atoms with van der Waals surface area (Å²) in [5, 5.41) is 3.60. The van der Waals surface area contributed by atoms with Crippen molar-refractivity contribution >= 4 is 22.9 Å². The minimum absolute atomic E-state index is 0.134. The van der Waals surface area contributed by atoms with Crippen molar-refractivity contribution in [2.24, 2.45) is 0 Å². The van der Waals surface area contributed by atoms with E-state index >= 15 is 0 Å². The van der Waals surface area contributed by atoms with Crippen LogP contribution in [0, 0.1) is 5.82 Å². The summed E-state index contributed by atoms with van der Waals surface area (Å²) in [5.74, 6) is -0.990. The number of hydrogen-bond acceptors (Lipinski definition) is 4. The maximum Gasteiger partial charge on any atom is 0.254 e. The van der Waals surface area contributed by atoms with Crippen LogP contribution in [0.5, 0.6) is 0 Å². The smallest absolute Gasteiger partial charge is 0.254 e. The van der Waals surface area contributed by atoms with E-state index in [-0.39, 0.29) is 17.3 Å². The van der Waals surface area contributed by atoms with Gasteiger partial charge in [-0.05, 0) is 25.5 Å². The highest BCUT2D eigenvalue weighted by Gasteiger charge is 2.17. The van der Waals surface area contributed by atoms with Gasteiger partial charge in [0.25, 0.3) is 5.91 Å². The molecule has 0 saturated heterocycles. The van der Waals surface area contributed by atoms with Crippen molar-refractivity contribution in [1.29, 1.82) is 0 Å². The molecule has 2 aromatic rings. The summed E-state index contributed by atoms with van der Waals surface area (Å²) in [6.45, 7) is 3.89. The highest BCUT2D eigenvalue weighted by atomic mass is 32.1. The molecule has 6 heteroatoms. The number of rotatable bonds is 4. The fourth-order valence-corrected chi connectivity index (χ4v) is 2.62. The molecule has 1 unspecified atom stereocenters. The first-order valence-corrected chi connectivity index (χ1v) is 7.14. The minimum Gasteiger partial charge on any atom is -0.396 e. The molecule has 4 nitrogen and oxygen atoms in total. The lowest BCUT2D eigenvalue weighted by Crippen LogP contribution is -2.27. The van der Waals surface area contributed by atoms with Gasteiger partial charge in [0.15, 0.2) is 0 Å². The highest BCUT2D eigenvalue weighted by Crippen LogP contribution is 2.22. The molecule has 0 aliphatic carbocycles. The Hall–Kier alpha value is -1.95. The normalized spacial score (nSPS) is 12.2. The summed E-state index contributed by atoms with van der Waals surface area (Å²) in [6, 6.07) is 3.95. The van der Waals surface area contributed by atoms with Crippen molar-refractivity contribution in [2.75, 3.05) is 5.73 Å². The molecule has 0 fully saturated rings. The standard InChI is InChI=1S/C14H16FN3OS/c1-3-9-7-17-14(20-9)8(2)18-13(19)10-5-4-6-11(15)12(10)16/h4-8H,3,16H2,1-2H3,(H,18,19). The number of carbonyl (C=O) groups is 1. The molecule has 3 N–H and O–H groups in total. The molecule has 0 spiro atoms. The molecule has 0 radical (unpaired) electrons. The maximum absolute atomic E-state index is 13.3. The van der Waals surface area contributed by atoms with Gasteiger partial charge < -0.3 is 11.1 Å². The largest absolute Gasteiger partial charge is 0.396 e. The summed E-state index contributed by atoms with van der Waals surface area (Å²) in [7, 11) is 0. The molecular formula is C14H16FN3OS. The van der Waals surface area contributed by atoms with Crippen LogP contribution in [0.3, 0.4) is 0 Å². The number of nitrogen functional groups attached to an aromatic ring is 1. The van der Waals surface area contributed by atoms with Gasteiger partial charge in [0, 0.05) is 11.1 Å². The number of amides is 1. The Balaban J connectivity index is 2.13. The molecule has 0 aliphatic heterocycles. The number of nitrogens with one attached hydrogen (secondary N) is 1.